The number of hydrogen-bond donors (Lipinski definition) is 1. The fraction of sp³-hybridized carbons (Fsp3) is 0.438. The Morgan fingerprint density at radius 1 is 1.46 bits per heavy atom. The van der Waals surface area contributed by atoms with Crippen LogP contribution in [0.5, 0.6) is 0 Å². The highest BCUT2D eigenvalue weighted by Gasteiger charge is 2.21. The average Bonchev–Trinajstić information content (AvgIpc) is 3.02. The third kappa shape index (κ3) is 4.45. The predicted octanol–water partition coefficient (Wildman–Crippen LogP) is 3.77. The van der Waals surface area contributed by atoms with Crippen LogP contribution in [0, 0.1) is 11.7 Å². The number of halogens is 1. The number of carbonyl (C=O) groups is 1. The Kier molecular flexibility index (Phi) is 5.68. The number of anilines is 2. The molecule has 0 aliphatic carbocycles. The first-order valence-corrected chi connectivity index (χ1v) is 9.67. The van der Waals surface area contributed by atoms with E-state index in [2.05, 4.69) is 22.4 Å². The van der Waals surface area contributed by atoms with Crippen molar-refractivity contribution in [2.24, 2.45) is 5.92 Å². The van der Waals surface area contributed by atoms with Crippen molar-refractivity contribution >= 4 is 39.8 Å². The van der Waals surface area contributed by atoms with Crippen LogP contribution in [-0.4, -0.2) is 39.8 Å². The van der Waals surface area contributed by atoms with Gasteiger partial charge in [-0.05, 0) is 30.9 Å². The Balaban J connectivity index is 1.53. The standard InChI is InChI=1S/C16H19FN4OS2/c1-11-5-4-8-21(9-11)14(22)10-23-16-20-19-15(24-16)18-13-7-3-2-6-12(13)17/h2-3,6-7,11H,4-5,8-10H2,1H3,(H,18,19)/t11-/m0/s1. The fourth-order valence-electron chi connectivity index (χ4n) is 2.63. The predicted molar refractivity (Wildman–Crippen MR) is 95.3 cm³/mol. The molecular weight excluding hydrogens is 347 g/mol. The molecule has 1 atom stereocenters. The largest absolute Gasteiger partial charge is 0.342 e. The van der Waals surface area contributed by atoms with E-state index in [1.165, 1.54) is 35.6 Å². The maximum absolute atomic E-state index is 13.6. The van der Waals surface area contributed by atoms with Crippen LogP contribution in [0.4, 0.5) is 15.2 Å². The minimum Gasteiger partial charge on any atom is -0.342 e. The lowest BCUT2D eigenvalue weighted by molar-refractivity contribution is -0.130. The molecule has 0 saturated carbocycles. The molecule has 128 valence electrons. The van der Waals surface area contributed by atoms with Crippen molar-refractivity contribution in [1.82, 2.24) is 15.1 Å². The summed E-state index contributed by atoms with van der Waals surface area (Å²) in [7, 11) is 0. The second-order valence-electron chi connectivity index (χ2n) is 5.85. The van der Waals surface area contributed by atoms with E-state index in [1.54, 1.807) is 18.2 Å². The third-order valence-corrected chi connectivity index (χ3v) is 5.81. The van der Waals surface area contributed by atoms with Crippen molar-refractivity contribution in [1.29, 1.82) is 0 Å². The van der Waals surface area contributed by atoms with E-state index < -0.39 is 0 Å². The van der Waals surface area contributed by atoms with Gasteiger partial charge in [0.15, 0.2) is 4.34 Å². The van der Waals surface area contributed by atoms with Crippen molar-refractivity contribution in [2.45, 2.75) is 24.1 Å². The van der Waals surface area contributed by atoms with Gasteiger partial charge >= 0.3 is 0 Å². The molecule has 5 nitrogen and oxygen atoms in total. The molecule has 0 unspecified atom stereocenters. The molecule has 1 aliphatic heterocycles. The van der Waals surface area contributed by atoms with Crippen molar-refractivity contribution in [3.63, 3.8) is 0 Å². The van der Waals surface area contributed by atoms with Crippen LogP contribution in [0.2, 0.25) is 0 Å². The number of hydrogen-bond acceptors (Lipinski definition) is 6. The van der Waals surface area contributed by atoms with E-state index in [1.807, 2.05) is 4.90 Å². The average molecular weight is 366 g/mol. The zero-order chi connectivity index (χ0) is 16.9. The smallest absolute Gasteiger partial charge is 0.233 e. The summed E-state index contributed by atoms with van der Waals surface area (Å²) in [5, 5.41) is 11.5. The summed E-state index contributed by atoms with van der Waals surface area (Å²) in [4.78, 5) is 14.2. The third-order valence-electron chi connectivity index (χ3n) is 3.85. The zero-order valence-corrected chi connectivity index (χ0v) is 15.0. The molecule has 1 aliphatic rings. The van der Waals surface area contributed by atoms with Crippen LogP contribution in [0.25, 0.3) is 0 Å². The molecule has 1 aromatic heterocycles. The molecule has 2 aromatic rings. The molecule has 1 fully saturated rings. The summed E-state index contributed by atoms with van der Waals surface area (Å²) >= 11 is 2.70. The summed E-state index contributed by atoms with van der Waals surface area (Å²) in [6.07, 6.45) is 2.27. The topological polar surface area (TPSA) is 58.1 Å². The van der Waals surface area contributed by atoms with Crippen LogP contribution in [-0.2, 0) is 4.79 Å². The lowest BCUT2D eigenvalue weighted by Crippen LogP contribution is -2.40. The van der Waals surface area contributed by atoms with Gasteiger partial charge in [0.1, 0.15) is 5.82 Å². The first-order valence-electron chi connectivity index (χ1n) is 7.87. The molecule has 1 aromatic carbocycles. The summed E-state index contributed by atoms with van der Waals surface area (Å²) < 4.78 is 14.3. The number of para-hydroxylation sites is 1. The van der Waals surface area contributed by atoms with Crippen LogP contribution < -0.4 is 5.32 Å². The van der Waals surface area contributed by atoms with Gasteiger partial charge in [0.2, 0.25) is 11.0 Å². The van der Waals surface area contributed by atoms with Gasteiger partial charge in [-0.3, -0.25) is 4.79 Å². The second-order valence-corrected chi connectivity index (χ2v) is 8.05. The summed E-state index contributed by atoms with van der Waals surface area (Å²) in [6, 6.07) is 6.41. The molecule has 1 amide bonds. The van der Waals surface area contributed by atoms with Crippen LogP contribution in [0.1, 0.15) is 19.8 Å². The van der Waals surface area contributed by atoms with E-state index >= 15 is 0 Å². The molecule has 8 heteroatoms. The molecule has 0 spiro atoms. The molecule has 2 heterocycles. The number of nitrogens with zero attached hydrogens (tertiary/aromatic N) is 3. The first-order chi connectivity index (χ1) is 11.6. The number of aromatic nitrogens is 2. The lowest BCUT2D eigenvalue weighted by Gasteiger charge is -2.30. The maximum Gasteiger partial charge on any atom is 0.233 e. The Morgan fingerprint density at radius 2 is 2.29 bits per heavy atom. The molecule has 1 N–H and O–H groups in total. The first kappa shape index (κ1) is 17.2. The molecular formula is C16H19FN4OS2. The number of benzene rings is 1. The van der Waals surface area contributed by atoms with E-state index in [-0.39, 0.29) is 11.7 Å². The highest BCUT2D eigenvalue weighted by molar-refractivity contribution is 8.01. The van der Waals surface area contributed by atoms with Crippen molar-refractivity contribution in [2.75, 3.05) is 24.2 Å². The van der Waals surface area contributed by atoms with Gasteiger partial charge < -0.3 is 10.2 Å². The Morgan fingerprint density at radius 3 is 3.08 bits per heavy atom. The highest BCUT2D eigenvalue weighted by atomic mass is 32.2. The quantitative estimate of drug-likeness (QED) is 0.816. The van der Waals surface area contributed by atoms with Crippen molar-refractivity contribution in [3.8, 4) is 0 Å². The van der Waals surface area contributed by atoms with Gasteiger partial charge in [0.05, 0.1) is 11.4 Å². The number of piperidine rings is 1. The molecule has 1 saturated heterocycles. The molecule has 0 bridgehead atoms. The number of amides is 1. The van der Waals surface area contributed by atoms with E-state index in [0.717, 1.165) is 19.5 Å². The Labute approximate surface area is 148 Å². The number of carbonyl (C=O) groups excluding carboxylic acids is 1. The van der Waals surface area contributed by atoms with E-state index in [4.69, 9.17) is 0 Å². The summed E-state index contributed by atoms with van der Waals surface area (Å²) in [5.74, 6) is 0.744. The van der Waals surface area contributed by atoms with Gasteiger partial charge in [-0.15, -0.1) is 10.2 Å². The summed E-state index contributed by atoms with van der Waals surface area (Å²) in [6.45, 7) is 3.87. The van der Waals surface area contributed by atoms with Gasteiger partial charge in [-0.25, -0.2) is 4.39 Å². The van der Waals surface area contributed by atoms with Crippen LogP contribution >= 0.6 is 23.1 Å². The monoisotopic (exact) mass is 366 g/mol. The van der Waals surface area contributed by atoms with E-state index in [0.29, 0.717) is 26.8 Å². The number of nitrogens with one attached hydrogen (secondary N) is 1. The molecule has 0 radical (unpaired) electrons. The second kappa shape index (κ2) is 7.94. The van der Waals surface area contributed by atoms with E-state index in [9.17, 15) is 9.18 Å². The van der Waals surface area contributed by atoms with Gasteiger partial charge in [0, 0.05) is 13.1 Å². The highest BCUT2D eigenvalue weighted by Crippen LogP contribution is 2.29. The minimum atomic E-state index is -0.337. The minimum absolute atomic E-state index is 0.144. The maximum atomic E-state index is 13.6. The lowest BCUT2D eigenvalue weighted by atomic mass is 10.0. The van der Waals surface area contributed by atoms with Crippen LogP contribution in [0.15, 0.2) is 28.6 Å². The normalized spacial score (nSPS) is 17.8. The Bertz CT molecular complexity index is 709. The number of rotatable bonds is 5. The van der Waals surface area contributed by atoms with Crippen molar-refractivity contribution in [3.05, 3.63) is 30.1 Å². The van der Waals surface area contributed by atoms with Gasteiger partial charge in [-0.1, -0.05) is 42.2 Å². The zero-order valence-electron chi connectivity index (χ0n) is 13.4. The van der Waals surface area contributed by atoms with Crippen LogP contribution in [0.3, 0.4) is 0 Å². The Hall–Kier alpha value is -1.67. The number of thioether (sulfide) groups is 1. The SMILES string of the molecule is C[C@H]1CCCN(C(=O)CSc2nnc(Nc3ccccc3F)s2)C1. The summed E-state index contributed by atoms with van der Waals surface area (Å²) in [5.41, 5.74) is 0.364. The molecule has 24 heavy (non-hydrogen) atoms. The van der Waals surface area contributed by atoms with Gasteiger partial charge in [0.25, 0.3) is 0 Å². The molecule has 3 rings (SSSR count). The fourth-order valence-corrected chi connectivity index (χ4v) is 4.29. The van der Waals surface area contributed by atoms with Gasteiger partial charge in [-0.2, -0.15) is 0 Å². The van der Waals surface area contributed by atoms with Crippen molar-refractivity contribution < 1.29 is 9.18 Å². The number of likely N-dealkylation sites (tertiary alicyclic amines) is 1.